The Morgan fingerprint density at radius 1 is 1.20 bits per heavy atom. The molecule has 1 amide bonds. The number of carbonyl (C=O) groups excluding carboxylic acids is 1. The van der Waals surface area contributed by atoms with Gasteiger partial charge in [-0.2, -0.15) is 18.3 Å². The number of amides is 1. The molecule has 0 saturated carbocycles. The van der Waals surface area contributed by atoms with Crippen molar-refractivity contribution in [3.63, 3.8) is 0 Å². The van der Waals surface area contributed by atoms with Gasteiger partial charge in [-0.15, -0.1) is 11.3 Å². The molecule has 0 spiro atoms. The van der Waals surface area contributed by atoms with Gasteiger partial charge in [0.1, 0.15) is 0 Å². The van der Waals surface area contributed by atoms with Crippen LogP contribution >= 0.6 is 11.3 Å². The fourth-order valence-electron chi connectivity index (χ4n) is 3.61. The predicted molar refractivity (Wildman–Crippen MR) is 110 cm³/mol. The molecule has 0 unspecified atom stereocenters. The lowest BCUT2D eigenvalue weighted by Crippen LogP contribution is -2.45. The first-order valence-electron chi connectivity index (χ1n) is 9.68. The lowest BCUT2D eigenvalue weighted by atomic mass is 10.0. The molecule has 0 atom stereocenters. The van der Waals surface area contributed by atoms with Gasteiger partial charge >= 0.3 is 6.18 Å². The Hall–Kier alpha value is -2.81. The van der Waals surface area contributed by atoms with Gasteiger partial charge in [0.15, 0.2) is 5.82 Å². The van der Waals surface area contributed by atoms with Gasteiger partial charge < -0.3 is 10.2 Å². The van der Waals surface area contributed by atoms with Gasteiger partial charge in [-0.1, -0.05) is 24.3 Å². The normalized spacial score (nSPS) is 15.4. The van der Waals surface area contributed by atoms with E-state index in [9.17, 15) is 18.0 Å². The number of halogens is 3. The molecule has 1 aliphatic rings. The molecule has 3 aromatic rings. The molecule has 4 rings (SSSR count). The Morgan fingerprint density at radius 3 is 2.70 bits per heavy atom. The zero-order valence-electron chi connectivity index (χ0n) is 16.1. The van der Waals surface area contributed by atoms with E-state index in [1.165, 1.54) is 6.07 Å². The predicted octanol–water partition coefficient (Wildman–Crippen LogP) is 4.48. The van der Waals surface area contributed by atoms with Crippen LogP contribution in [0.2, 0.25) is 0 Å². The Balaban J connectivity index is 1.28. The van der Waals surface area contributed by atoms with E-state index in [0.717, 1.165) is 54.5 Å². The van der Waals surface area contributed by atoms with Gasteiger partial charge in [0, 0.05) is 25.2 Å². The van der Waals surface area contributed by atoms with Crippen LogP contribution in [0, 0.1) is 0 Å². The fraction of sp³-hybridized carbons (Fsp3) is 0.333. The second-order valence-corrected chi connectivity index (χ2v) is 8.27. The first kappa shape index (κ1) is 20.5. The van der Waals surface area contributed by atoms with Crippen molar-refractivity contribution in [1.29, 1.82) is 0 Å². The van der Waals surface area contributed by atoms with Gasteiger partial charge in [0.2, 0.25) is 5.91 Å². The zero-order valence-corrected chi connectivity index (χ0v) is 16.9. The van der Waals surface area contributed by atoms with Crippen LogP contribution in [0.1, 0.15) is 24.0 Å². The van der Waals surface area contributed by atoms with Crippen molar-refractivity contribution in [2.24, 2.45) is 0 Å². The minimum atomic E-state index is -4.41. The maximum absolute atomic E-state index is 12.8. The average molecular weight is 434 g/mol. The number of aromatic amines is 1. The van der Waals surface area contributed by atoms with Crippen molar-refractivity contribution in [2.75, 3.05) is 18.0 Å². The van der Waals surface area contributed by atoms with Crippen LogP contribution in [0.3, 0.4) is 0 Å². The van der Waals surface area contributed by atoms with Gasteiger partial charge in [-0.25, -0.2) is 0 Å². The number of hydrogen-bond acceptors (Lipinski definition) is 4. The molecular formula is C21H21F3N4OS. The summed E-state index contributed by atoms with van der Waals surface area (Å²) in [6, 6.07) is 11.0. The van der Waals surface area contributed by atoms with E-state index in [2.05, 4.69) is 20.4 Å². The van der Waals surface area contributed by atoms with Gasteiger partial charge in [-0.3, -0.25) is 9.89 Å². The standard InChI is InChI=1S/C21H21F3N4OS/c22-21(23,24)15-4-1-3-14(11-15)12-20(29)25-16-6-8-28(9-7-16)19-13-17(26-27-19)18-5-2-10-30-18/h1-5,10-11,13,16H,6-9,12H2,(H,25,29)(H,26,27). The van der Waals surface area contributed by atoms with Gasteiger partial charge in [0.25, 0.3) is 0 Å². The number of piperidine rings is 1. The number of nitrogens with zero attached hydrogens (tertiary/aromatic N) is 2. The molecule has 1 aromatic carbocycles. The van der Waals surface area contributed by atoms with Crippen LogP contribution in [0.25, 0.3) is 10.6 Å². The second-order valence-electron chi connectivity index (χ2n) is 7.32. The highest BCUT2D eigenvalue weighted by molar-refractivity contribution is 7.13. The number of nitrogens with one attached hydrogen (secondary N) is 2. The minimum Gasteiger partial charge on any atom is -0.355 e. The number of H-pyrrole nitrogens is 1. The Kier molecular flexibility index (Phi) is 5.80. The molecule has 0 radical (unpaired) electrons. The molecule has 0 bridgehead atoms. The first-order chi connectivity index (χ1) is 14.4. The van der Waals surface area contributed by atoms with E-state index in [4.69, 9.17) is 0 Å². The molecule has 1 fully saturated rings. The second kappa shape index (κ2) is 8.51. The topological polar surface area (TPSA) is 61.0 Å². The molecule has 3 heterocycles. The minimum absolute atomic E-state index is 0.00950. The third kappa shape index (κ3) is 4.84. The van der Waals surface area contributed by atoms with Crippen molar-refractivity contribution in [2.45, 2.75) is 31.5 Å². The van der Waals surface area contributed by atoms with Crippen molar-refractivity contribution in [3.05, 3.63) is 59.0 Å². The SMILES string of the molecule is O=C(Cc1cccc(C(F)(F)F)c1)NC1CCN(c2cc(-c3cccs3)[nH]n2)CC1. The smallest absolute Gasteiger partial charge is 0.355 e. The van der Waals surface area contributed by atoms with E-state index in [0.29, 0.717) is 5.56 Å². The van der Waals surface area contributed by atoms with Crippen LogP contribution in [0.5, 0.6) is 0 Å². The van der Waals surface area contributed by atoms with E-state index < -0.39 is 11.7 Å². The summed E-state index contributed by atoms with van der Waals surface area (Å²) in [5.41, 5.74) is 0.607. The van der Waals surface area contributed by atoms with Crippen molar-refractivity contribution < 1.29 is 18.0 Å². The molecule has 1 aliphatic heterocycles. The summed E-state index contributed by atoms with van der Waals surface area (Å²) in [6.07, 6.45) is -2.95. The fourth-order valence-corrected chi connectivity index (χ4v) is 4.30. The van der Waals surface area contributed by atoms with Crippen LogP contribution < -0.4 is 10.2 Å². The monoisotopic (exact) mass is 434 g/mol. The van der Waals surface area contributed by atoms with Gasteiger partial charge in [0.05, 0.1) is 22.6 Å². The van der Waals surface area contributed by atoms with E-state index in [1.54, 1.807) is 17.4 Å². The molecule has 5 nitrogen and oxygen atoms in total. The molecule has 2 aromatic heterocycles. The van der Waals surface area contributed by atoms with E-state index >= 15 is 0 Å². The maximum Gasteiger partial charge on any atom is 0.416 e. The summed E-state index contributed by atoms with van der Waals surface area (Å²) < 4.78 is 38.5. The first-order valence-corrected chi connectivity index (χ1v) is 10.6. The average Bonchev–Trinajstić information content (AvgIpc) is 3.40. The summed E-state index contributed by atoms with van der Waals surface area (Å²) in [7, 11) is 0. The van der Waals surface area contributed by atoms with Crippen molar-refractivity contribution >= 4 is 23.1 Å². The number of rotatable bonds is 5. The molecule has 1 saturated heterocycles. The molecular weight excluding hydrogens is 413 g/mol. The van der Waals surface area contributed by atoms with Crippen molar-refractivity contribution in [1.82, 2.24) is 15.5 Å². The number of thiophene rings is 1. The van der Waals surface area contributed by atoms with Crippen LogP contribution in [-0.2, 0) is 17.4 Å². The van der Waals surface area contributed by atoms with E-state index in [-0.39, 0.29) is 18.4 Å². The number of benzene rings is 1. The van der Waals surface area contributed by atoms with Crippen molar-refractivity contribution in [3.8, 4) is 10.6 Å². The maximum atomic E-state index is 12.8. The highest BCUT2D eigenvalue weighted by Gasteiger charge is 2.30. The molecule has 2 N–H and O–H groups in total. The summed E-state index contributed by atoms with van der Waals surface area (Å²) in [5.74, 6) is 0.625. The number of carbonyl (C=O) groups is 1. The molecule has 0 aliphatic carbocycles. The Bertz CT molecular complexity index is 992. The molecule has 158 valence electrons. The number of aromatic nitrogens is 2. The summed E-state index contributed by atoms with van der Waals surface area (Å²) in [5, 5.41) is 12.4. The summed E-state index contributed by atoms with van der Waals surface area (Å²) >= 11 is 1.65. The zero-order chi connectivity index (χ0) is 21.1. The van der Waals surface area contributed by atoms with Gasteiger partial charge in [-0.05, 0) is 35.9 Å². The lowest BCUT2D eigenvalue weighted by Gasteiger charge is -2.32. The molecule has 30 heavy (non-hydrogen) atoms. The van der Waals surface area contributed by atoms with Crippen LogP contribution in [0.15, 0.2) is 47.8 Å². The molecule has 9 heteroatoms. The van der Waals surface area contributed by atoms with E-state index in [1.807, 2.05) is 23.6 Å². The quantitative estimate of drug-likeness (QED) is 0.622. The third-order valence-corrected chi connectivity index (χ3v) is 6.06. The number of alkyl halides is 3. The largest absolute Gasteiger partial charge is 0.416 e. The number of hydrogen-bond donors (Lipinski definition) is 2. The highest BCUT2D eigenvalue weighted by Crippen LogP contribution is 2.30. The van der Waals surface area contributed by atoms with Crippen LogP contribution in [0.4, 0.5) is 19.0 Å². The van der Waals surface area contributed by atoms with Crippen LogP contribution in [-0.4, -0.2) is 35.2 Å². The summed E-state index contributed by atoms with van der Waals surface area (Å²) in [6.45, 7) is 1.51. The third-order valence-electron chi connectivity index (χ3n) is 5.15. The Morgan fingerprint density at radius 2 is 2.00 bits per heavy atom. The Labute approximate surface area is 175 Å². The highest BCUT2D eigenvalue weighted by atomic mass is 32.1. The lowest BCUT2D eigenvalue weighted by molar-refractivity contribution is -0.137. The number of anilines is 1. The summed E-state index contributed by atoms with van der Waals surface area (Å²) in [4.78, 5) is 15.6.